The van der Waals surface area contributed by atoms with Crippen LogP contribution in [-0.4, -0.2) is 36.5 Å². The zero-order valence-electron chi connectivity index (χ0n) is 16.1. The van der Waals surface area contributed by atoms with E-state index in [4.69, 9.17) is 27.9 Å². The molecular weight excluding hydrogens is 385 g/mol. The number of methoxy groups -OCH3 is 1. The van der Waals surface area contributed by atoms with Gasteiger partial charge >= 0.3 is 5.97 Å². The molecule has 146 valence electrons. The van der Waals surface area contributed by atoms with Crippen LogP contribution in [0.25, 0.3) is 0 Å². The van der Waals surface area contributed by atoms with Crippen LogP contribution in [0.5, 0.6) is 0 Å². The predicted molar refractivity (Wildman–Crippen MR) is 109 cm³/mol. The zero-order chi connectivity index (χ0) is 20.1. The van der Waals surface area contributed by atoms with E-state index in [0.717, 1.165) is 12.8 Å². The van der Waals surface area contributed by atoms with Gasteiger partial charge in [0.05, 0.1) is 30.2 Å². The number of hydrogen-bond acceptors (Lipinski definition) is 3. The van der Waals surface area contributed by atoms with Crippen molar-refractivity contribution in [1.82, 2.24) is 4.90 Å². The monoisotopic (exact) mass is 409 g/mol. The number of carbonyl (C=O) groups is 2. The van der Waals surface area contributed by atoms with Crippen LogP contribution in [-0.2, 0) is 16.0 Å². The number of allylic oxidation sites excluding steroid dienone is 1. The van der Waals surface area contributed by atoms with Gasteiger partial charge in [-0.05, 0) is 48.6 Å². The number of benzene rings is 1. The van der Waals surface area contributed by atoms with Gasteiger partial charge in [0.1, 0.15) is 0 Å². The first-order valence-corrected chi connectivity index (χ1v) is 9.92. The standard InChI is InChI=1S/C19H19Cl2NO3.C2H6/c1-11-13-6-4-3-5-12(13)10-22(11)17(23)9-15-16(20)8-7-14(18(15)21)19(24)25-2;1-2/h4,6-8,11H,3,5,9-10H2,1-2H3;1-2H3. The first-order chi connectivity index (χ1) is 12.9. The molecule has 4 nitrogen and oxygen atoms in total. The fraction of sp³-hybridized carbons (Fsp3) is 0.429. The summed E-state index contributed by atoms with van der Waals surface area (Å²) in [5, 5.41) is 0.549. The van der Waals surface area contributed by atoms with Crippen LogP contribution in [0.15, 0.2) is 35.4 Å². The predicted octanol–water partition coefficient (Wildman–Crippen LogP) is 5.23. The molecule has 6 heteroatoms. The van der Waals surface area contributed by atoms with Gasteiger partial charge in [-0.25, -0.2) is 4.79 Å². The third-order valence-electron chi connectivity index (χ3n) is 4.84. The lowest BCUT2D eigenvalue weighted by Gasteiger charge is -2.24. The normalized spacial score (nSPS) is 18.0. The molecule has 0 aromatic heterocycles. The van der Waals surface area contributed by atoms with E-state index in [1.807, 2.05) is 25.7 Å². The molecule has 1 aliphatic carbocycles. The van der Waals surface area contributed by atoms with E-state index in [-0.39, 0.29) is 29.0 Å². The topological polar surface area (TPSA) is 46.6 Å². The highest BCUT2D eigenvalue weighted by molar-refractivity contribution is 6.38. The Hall–Kier alpha value is -1.78. The molecule has 2 aliphatic rings. The molecule has 1 aromatic rings. The number of ether oxygens (including phenoxy) is 1. The zero-order valence-corrected chi connectivity index (χ0v) is 17.7. The third-order valence-corrected chi connectivity index (χ3v) is 5.62. The van der Waals surface area contributed by atoms with E-state index < -0.39 is 5.97 Å². The summed E-state index contributed by atoms with van der Waals surface area (Å²) in [4.78, 5) is 26.5. The number of nitrogens with zero attached hydrogens (tertiary/aromatic N) is 1. The summed E-state index contributed by atoms with van der Waals surface area (Å²) in [6.45, 7) is 6.68. The van der Waals surface area contributed by atoms with E-state index in [1.165, 1.54) is 24.3 Å². The maximum Gasteiger partial charge on any atom is 0.339 e. The number of esters is 1. The Bertz CT molecular complexity index is 799. The van der Waals surface area contributed by atoms with Crippen molar-refractivity contribution < 1.29 is 14.3 Å². The first kappa shape index (κ1) is 21.5. The highest BCUT2D eigenvalue weighted by Gasteiger charge is 2.32. The van der Waals surface area contributed by atoms with Crippen LogP contribution in [0.3, 0.4) is 0 Å². The van der Waals surface area contributed by atoms with Gasteiger partial charge in [-0.15, -0.1) is 0 Å². The van der Waals surface area contributed by atoms with Crippen LogP contribution in [0, 0.1) is 0 Å². The summed E-state index contributed by atoms with van der Waals surface area (Å²) < 4.78 is 4.72. The molecule has 0 saturated heterocycles. The fourth-order valence-corrected chi connectivity index (χ4v) is 4.01. The lowest BCUT2D eigenvalue weighted by Crippen LogP contribution is -2.36. The summed E-state index contributed by atoms with van der Waals surface area (Å²) in [6, 6.07) is 3.12. The van der Waals surface area contributed by atoms with Gasteiger partial charge in [-0.2, -0.15) is 0 Å². The van der Waals surface area contributed by atoms with E-state index in [2.05, 4.69) is 12.2 Å². The van der Waals surface area contributed by atoms with Crippen LogP contribution >= 0.6 is 23.2 Å². The third kappa shape index (κ3) is 4.39. The van der Waals surface area contributed by atoms with E-state index >= 15 is 0 Å². The van der Waals surface area contributed by atoms with Gasteiger partial charge in [0.25, 0.3) is 0 Å². The van der Waals surface area contributed by atoms with Gasteiger partial charge in [-0.1, -0.05) is 49.2 Å². The van der Waals surface area contributed by atoms with Crippen molar-refractivity contribution in [2.45, 2.75) is 46.1 Å². The largest absolute Gasteiger partial charge is 0.465 e. The Kier molecular flexibility index (Phi) is 7.51. The van der Waals surface area contributed by atoms with Crippen molar-refractivity contribution in [3.05, 3.63) is 56.6 Å². The Morgan fingerprint density at radius 3 is 2.59 bits per heavy atom. The Morgan fingerprint density at radius 2 is 1.96 bits per heavy atom. The molecule has 0 N–H and O–H groups in total. The van der Waals surface area contributed by atoms with Crippen LogP contribution < -0.4 is 0 Å². The lowest BCUT2D eigenvalue weighted by molar-refractivity contribution is -0.130. The van der Waals surface area contributed by atoms with Crippen molar-refractivity contribution in [3.8, 4) is 0 Å². The quantitative estimate of drug-likeness (QED) is 0.642. The second-order valence-electron chi connectivity index (χ2n) is 6.25. The summed E-state index contributed by atoms with van der Waals surface area (Å²) in [7, 11) is 1.29. The minimum absolute atomic E-state index is 0.0420. The molecule has 0 fully saturated rings. The fourth-order valence-electron chi connectivity index (χ4n) is 3.43. The SMILES string of the molecule is CC.COC(=O)c1ccc(Cl)c(CC(=O)N2CC3=C(C=CCC3)C2C)c1Cl. The number of halogens is 2. The molecule has 27 heavy (non-hydrogen) atoms. The smallest absolute Gasteiger partial charge is 0.339 e. The molecule has 1 heterocycles. The van der Waals surface area contributed by atoms with E-state index in [9.17, 15) is 9.59 Å². The summed E-state index contributed by atoms with van der Waals surface area (Å²) in [6.07, 6.45) is 6.34. The molecule has 0 spiro atoms. The average Bonchev–Trinajstić information content (AvgIpc) is 3.03. The van der Waals surface area contributed by atoms with Crippen molar-refractivity contribution in [1.29, 1.82) is 0 Å². The van der Waals surface area contributed by atoms with Gasteiger partial charge in [-0.3, -0.25) is 4.79 Å². The minimum atomic E-state index is -0.549. The molecule has 1 aromatic carbocycles. The first-order valence-electron chi connectivity index (χ1n) is 9.17. The van der Waals surface area contributed by atoms with Gasteiger partial charge in [0.2, 0.25) is 5.91 Å². The molecule has 1 atom stereocenters. The van der Waals surface area contributed by atoms with Crippen LogP contribution in [0.2, 0.25) is 10.0 Å². The lowest BCUT2D eigenvalue weighted by atomic mass is 9.97. The molecule has 3 rings (SSSR count). The van der Waals surface area contributed by atoms with E-state index in [0.29, 0.717) is 17.1 Å². The van der Waals surface area contributed by atoms with E-state index in [1.54, 1.807) is 6.07 Å². The highest BCUT2D eigenvalue weighted by atomic mass is 35.5. The summed E-state index contributed by atoms with van der Waals surface area (Å²) in [5.74, 6) is -0.603. The molecule has 1 amide bonds. The highest BCUT2D eigenvalue weighted by Crippen LogP contribution is 2.34. The summed E-state index contributed by atoms with van der Waals surface area (Å²) >= 11 is 12.5. The maximum absolute atomic E-state index is 12.9. The second kappa shape index (κ2) is 9.43. The molecule has 1 aliphatic heterocycles. The number of amides is 1. The van der Waals surface area contributed by atoms with Crippen molar-refractivity contribution >= 4 is 35.1 Å². The number of hydrogen-bond donors (Lipinski definition) is 0. The van der Waals surface area contributed by atoms with Crippen LogP contribution in [0.4, 0.5) is 0 Å². The van der Waals surface area contributed by atoms with Crippen molar-refractivity contribution in [2.24, 2.45) is 0 Å². The molecule has 0 radical (unpaired) electrons. The van der Waals surface area contributed by atoms with Gasteiger partial charge < -0.3 is 9.64 Å². The number of carbonyl (C=O) groups excluding carboxylic acids is 2. The molecule has 0 saturated carbocycles. The van der Waals surface area contributed by atoms with Crippen LogP contribution in [0.1, 0.15) is 49.5 Å². The molecule has 1 unspecified atom stereocenters. The second-order valence-corrected chi connectivity index (χ2v) is 7.04. The summed E-state index contributed by atoms with van der Waals surface area (Å²) in [5.41, 5.74) is 3.24. The minimum Gasteiger partial charge on any atom is -0.465 e. The Morgan fingerprint density at radius 1 is 1.26 bits per heavy atom. The van der Waals surface area contributed by atoms with Crippen molar-refractivity contribution in [3.63, 3.8) is 0 Å². The van der Waals surface area contributed by atoms with Gasteiger partial charge in [0, 0.05) is 11.6 Å². The van der Waals surface area contributed by atoms with Gasteiger partial charge in [0.15, 0.2) is 0 Å². The molecular formula is C21H25Cl2NO3. The number of rotatable bonds is 3. The van der Waals surface area contributed by atoms with Crippen molar-refractivity contribution in [2.75, 3.05) is 13.7 Å². The maximum atomic E-state index is 12.9. The Balaban J connectivity index is 0.00000126. The average molecular weight is 410 g/mol. The Labute approximate surface area is 170 Å². The molecule has 0 bridgehead atoms.